The van der Waals surface area contributed by atoms with Crippen molar-refractivity contribution in [2.24, 2.45) is 11.3 Å². The highest BCUT2D eigenvalue weighted by atomic mass is 32.1. The van der Waals surface area contributed by atoms with E-state index in [1.807, 2.05) is 29.2 Å². The highest BCUT2D eigenvalue weighted by molar-refractivity contribution is 7.19. The molecule has 5 rings (SSSR count). The van der Waals surface area contributed by atoms with E-state index >= 15 is 0 Å². The SMILES string of the molecule is COc1cccc(OC)c1C(=O)N1CCN(c2nc(C)nc3sc4c(c23)CC[C@@H](C(C)(C)C)C4)CC1. The summed E-state index contributed by atoms with van der Waals surface area (Å²) in [4.78, 5) is 30.0. The van der Waals surface area contributed by atoms with Crippen LogP contribution in [0.4, 0.5) is 5.82 Å². The Morgan fingerprint density at radius 1 is 1.06 bits per heavy atom. The molecule has 2 aliphatic rings. The second-order valence-corrected chi connectivity index (χ2v) is 12.0. The van der Waals surface area contributed by atoms with Crippen molar-refractivity contribution in [3.8, 4) is 11.5 Å². The monoisotopic (exact) mass is 508 g/mol. The third-order valence-electron chi connectivity index (χ3n) is 7.73. The van der Waals surface area contributed by atoms with Gasteiger partial charge in [-0.25, -0.2) is 9.97 Å². The van der Waals surface area contributed by atoms with E-state index in [2.05, 4.69) is 25.7 Å². The van der Waals surface area contributed by atoms with Crippen molar-refractivity contribution in [2.75, 3.05) is 45.3 Å². The molecule has 1 aliphatic heterocycles. The fraction of sp³-hybridized carbons (Fsp3) is 0.536. The number of hydrogen-bond acceptors (Lipinski definition) is 7. The van der Waals surface area contributed by atoms with E-state index in [4.69, 9.17) is 19.4 Å². The van der Waals surface area contributed by atoms with Gasteiger partial charge in [-0.15, -0.1) is 11.3 Å². The van der Waals surface area contributed by atoms with Crippen LogP contribution in [0.2, 0.25) is 0 Å². The van der Waals surface area contributed by atoms with Crippen LogP contribution in [-0.2, 0) is 12.8 Å². The number of methoxy groups -OCH3 is 2. The molecule has 36 heavy (non-hydrogen) atoms. The van der Waals surface area contributed by atoms with Crippen LogP contribution in [0, 0.1) is 18.3 Å². The topological polar surface area (TPSA) is 67.8 Å². The smallest absolute Gasteiger partial charge is 0.261 e. The molecular weight excluding hydrogens is 472 g/mol. The van der Waals surface area contributed by atoms with Gasteiger partial charge in [-0.1, -0.05) is 26.8 Å². The third-order valence-corrected chi connectivity index (χ3v) is 8.88. The van der Waals surface area contributed by atoms with Crippen molar-refractivity contribution in [1.82, 2.24) is 14.9 Å². The molecule has 7 nitrogen and oxygen atoms in total. The van der Waals surface area contributed by atoms with Crippen molar-refractivity contribution in [3.05, 3.63) is 40.0 Å². The number of piperazine rings is 1. The summed E-state index contributed by atoms with van der Waals surface area (Å²) in [7, 11) is 3.16. The highest BCUT2D eigenvalue weighted by Gasteiger charge is 2.33. The van der Waals surface area contributed by atoms with E-state index in [1.54, 1.807) is 26.4 Å². The average Bonchev–Trinajstić information content (AvgIpc) is 3.24. The summed E-state index contributed by atoms with van der Waals surface area (Å²) in [6, 6.07) is 5.44. The summed E-state index contributed by atoms with van der Waals surface area (Å²) < 4.78 is 10.9. The summed E-state index contributed by atoms with van der Waals surface area (Å²) in [6.07, 6.45) is 3.42. The molecule has 1 amide bonds. The Kier molecular flexibility index (Phi) is 6.57. The molecule has 0 radical (unpaired) electrons. The van der Waals surface area contributed by atoms with E-state index in [0.29, 0.717) is 41.5 Å². The number of benzene rings is 1. The minimum atomic E-state index is -0.0610. The highest BCUT2D eigenvalue weighted by Crippen LogP contribution is 2.45. The molecule has 3 heterocycles. The summed E-state index contributed by atoms with van der Waals surface area (Å²) >= 11 is 1.85. The van der Waals surface area contributed by atoms with Crippen LogP contribution >= 0.6 is 11.3 Å². The quantitative estimate of drug-likeness (QED) is 0.487. The van der Waals surface area contributed by atoms with Crippen LogP contribution in [0.1, 0.15) is 53.8 Å². The van der Waals surface area contributed by atoms with Gasteiger partial charge in [0.2, 0.25) is 0 Å². The number of hydrogen-bond donors (Lipinski definition) is 0. The van der Waals surface area contributed by atoms with E-state index in [-0.39, 0.29) is 5.91 Å². The van der Waals surface area contributed by atoms with Crippen LogP contribution in [0.25, 0.3) is 10.2 Å². The van der Waals surface area contributed by atoms with Gasteiger partial charge in [-0.3, -0.25) is 4.79 Å². The van der Waals surface area contributed by atoms with Crippen molar-refractivity contribution in [1.29, 1.82) is 0 Å². The fourth-order valence-corrected chi connectivity index (χ4v) is 6.91. The van der Waals surface area contributed by atoms with E-state index in [1.165, 1.54) is 22.2 Å². The lowest BCUT2D eigenvalue weighted by Gasteiger charge is -2.36. The number of ether oxygens (including phenoxy) is 2. The Morgan fingerprint density at radius 3 is 2.33 bits per heavy atom. The normalized spacial score (nSPS) is 18.3. The first kappa shape index (κ1) is 24.8. The first-order chi connectivity index (χ1) is 17.2. The van der Waals surface area contributed by atoms with Gasteiger partial charge < -0.3 is 19.3 Å². The van der Waals surface area contributed by atoms with Crippen LogP contribution in [0.15, 0.2) is 18.2 Å². The van der Waals surface area contributed by atoms with Crippen LogP contribution in [-0.4, -0.2) is 61.2 Å². The van der Waals surface area contributed by atoms with Crippen molar-refractivity contribution in [3.63, 3.8) is 0 Å². The minimum Gasteiger partial charge on any atom is -0.496 e. The molecule has 192 valence electrons. The summed E-state index contributed by atoms with van der Waals surface area (Å²) in [6.45, 7) is 11.7. The number of aromatic nitrogens is 2. The zero-order chi connectivity index (χ0) is 25.6. The van der Waals surface area contributed by atoms with Crippen molar-refractivity contribution in [2.45, 2.75) is 47.0 Å². The van der Waals surface area contributed by atoms with Gasteiger partial charge in [0.25, 0.3) is 5.91 Å². The predicted octanol–water partition coefficient (Wildman–Crippen LogP) is 5.13. The molecule has 0 N–H and O–H groups in total. The van der Waals surface area contributed by atoms with Gasteiger partial charge in [0.05, 0.1) is 19.6 Å². The van der Waals surface area contributed by atoms with Gasteiger partial charge in [0, 0.05) is 31.1 Å². The van der Waals surface area contributed by atoms with Crippen LogP contribution in [0.5, 0.6) is 11.5 Å². The molecule has 8 heteroatoms. The van der Waals surface area contributed by atoms with E-state index in [0.717, 1.165) is 42.4 Å². The van der Waals surface area contributed by atoms with Crippen LogP contribution in [0.3, 0.4) is 0 Å². The zero-order valence-electron chi connectivity index (χ0n) is 22.2. The minimum absolute atomic E-state index is 0.0610. The molecule has 0 unspecified atom stereocenters. The van der Waals surface area contributed by atoms with Crippen molar-refractivity contribution < 1.29 is 14.3 Å². The lowest BCUT2D eigenvalue weighted by Crippen LogP contribution is -2.49. The average molecular weight is 509 g/mol. The number of fused-ring (bicyclic) bond motifs is 3. The Labute approximate surface area is 217 Å². The second kappa shape index (κ2) is 9.54. The molecule has 3 aromatic rings. The summed E-state index contributed by atoms with van der Waals surface area (Å²) in [5, 5.41) is 1.24. The number of aryl methyl sites for hydroxylation is 2. The lowest BCUT2D eigenvalue weighted by molar-refractivity contribution is 0.0739. The molecule has 2 aromatic heterocycles. The summed E-state index contributed by atoms with van der Waals surface area (Å²) in [5.41, 5.74) is 2.24. The number of carbonyl (C=O) groups excluding carboxylic acids is 1. The predicted molar refractivity (Wildman–Crippen MR) is 145 cm³/mol. The Balaban J connectivity index is 1.40. The maximum absolute atomic E-state index is 13.5. The Bertz CT molecular complexity index is 1270. The first-order valence-electron chi connectivity index (χ1n) is 12.7. The number of amides is 1. The second-order valence-electron chi connectivity index (χ2n) is 10.9. The van der Waals surface area contributed by atoms with Crippen LogP contribution < -0.4 is 14.4 Å². The van der Waals surface area contributed by atoms with Gasteiger partial charge in [0.1, 0.15) is 33.5 Å². The van der Waals surface area contributed by atoms with Gasteiger partial charge in [-0.05, 0) is 55.2 Å². The van der Waals surface area contributed by atoms with E-state index in [9.17, 15) is 4.79 Å². The molecule has 1 aliphatic carbocycles. The maximum Gasteiger partial charge on any atom is 0.261 e. The Morgan fingerprint density at radius 2 is 1.72 bits per heavy atom. The van der Waals surface area contributed by atoms with Crippen molar-refractivity contribution >= 4 is 33.3 Å². The largest absolute Gasteiger partial charge is 0.496 e. The number of thiophene rings is 1. The molecule has 1 fully saturated rings. The lowest BCUT2D eigenvalue weighted by atomic mass is 9.72. The molecule has 0 bridgehead atoms. The molecule has 1 aromatic carbocycles. The third kappa shape index (κ3) is 4.40. The zero-order valence-corrected chi connectivity index (χ0v) is 23.0. The fourth-order valence-electron chi connectivity index (χ4n) is 5.57. The molecule has 1 saturated heterocycles. The molecule has 1 atom stereocenters. The number of carbonyl (C=O) groups is 1. The molecule has 0 saturated carbocycles. The molecule has 0 spiro atoms. The standard InChI is InChI=1S/C28H36N4O3S/c1-17-29-25(23-19-11-10-18(28(2,3)4)16-22(19)36-26(23)30-17)31-12-14-32(15-13-31)27(33)24-20(34-5)8-7-9-21(24)35-6/h7-9,18H,10-16H2,1-6H3/t18-/m1/s1. The number of nitrogens with zero attached hydrogens (tertiary/aromatic N) is 4. The Hall–Kier alpha value is -2.87. The maximum atomic E-state index is 13.5. The molecular formula is C28H36N4O3S. The van der Waals surface area contributed by atoms with Gasteiger partial charge >= 0.3 is 0 Å². The first-order valence-corrected chi connectivity index (χ1v) is 13.6. The number of rotatable bonds is 4. The number of anilines is 1. The summed E-state index contributed by atoms with van der Waals surface area (Å²) in [5.74, 6) is 3.54. The van der Waals surface area contributed by atoms with Gasteiger partial charge in [-0.2, -0.15) is 0 Å². The van der Waals surface area contributed by atoms with Gasteiger partial charge in [0.15, 0.2) is 0 Å². The van der Waals surface area contributed by atoms with E-state index < -0.39 is 0 Å².